The van der Waals surface area contributed by atoms with Gasteiger partial charge in [0, 0.05) is 13.1 Å². The molecule has 0 radical (unpaired) electrons. The number of rotatable bonds is 1. The molecule has 1 aromatic heterocycles. The van der Waals surface area contributed by atoms with Crippen molar-refractivity contribution in [3.63, 3.8) is 0 Å². The second kappa shape index (κ2) is 4.05. The summed E-state index contributed by atoms with van der Waals surface area (Å²) in [4.78, 5) is 10.4. The summed E-state index contributed by atoms with van der Waals surface area (Å²) >= 11 is 0. The normalized spacial score (nSPS) is 16.4. The summed E-state index contributed by atoms with van der Waals surface area (Å²) in [6.07, 6.45) is 6.97. The van der Waals surface area contributed by atoms with Crippen molar-refractivity contribution in [3.8, 4) is 6.07 Å². The van der Waals surface area contributed by atoms with Crippen LogP contribution < -0.4 is 4.90 Å². The molecule has 72 valence electrons. The number of hydrogen-bond acceptors (Lipinski definition) is 4. The largest absolute Gasteiger partial charge is 0.355 e. The number of piperidine rings is 1. The van der Waals surface area contributed by atoms with Gasteiger partial charge in [-0.1, -0.05) is 0 Å². The third-order valence-electron chi connectivity index (χ3n) is 2.43. The highest BCUT2D eigenvalue weighted by atomic mass is 15.2. The Morgan fingerprint density at radius 1 is 1.14 bits per heavy atom. The lowest BCUT2D eigenvalue weighted by Gasteiger charge is -2.27. The fraction of sp³-hybridized carbons (Fsp3) is 0.500. The first kappa shape index (κ1) is 8.95. The quantitative estimate of drug-likeness (QED) is 0.667. The summed E-state index contributed by atoms with van der Waals surface area (Å²) in [7, 11) is 0. The van der Waals surface area contributed by atoms with E-state index in [1.165, 1.54) is 25.5 Å². The molecule has 1 aliphatic rings. The molecule has 4 heteroatoms. The van der Waals surface area contributed by atoms with Gasteiger partial charge >= 0.3 is 0 Å². The zero-order valence-corrected chi connectivity index (χ0v) is 7.98. The first-order chi connectivity index (χ1) is 6.90. The minimum absolute atomic E-state index is 0.380. The van der Waals surface area contributed by atoms with Crippen LogP contribution in [0.4, 0.5) is 5.82 Å². The lowest BCUT2D eigenvalue weighted by Crippen LogP contribution is -2.30. The van der Waals surface area contributed by atoms with Gasteiger partial charge in [-0.15, -0.1) is 0 Å². The molecule has 0 saturated carbocycles. The zero-order chi connectivity index (χ0) is 9.80. The molecule has 14 heavy (non-hydrogen) atoms. The maximum atomic E-state index is 8.57. The van der Waals surface area contributed by atoms with E-state index in [-0.39, 0.29) is 0 Å². The first-order valence-corrected chi connectivity index (χ1v) is 4.87. The topological polar surface area (TPSA) is 52.8 Å². The highest BCUT2D eigenvalue weighted by Gasteiger charge is 2.11. The molecule has 0 atom stereocenters. The van der Waals surface area contributed by atoms with Crippen molar-refractivity contribution in [2.24, 2.45) is 0 Å². The predicted molar refractivity (Wildman–Crippen MR) is 52.8 cm³/mol. The van der Waals surface area contributed by atoms with E-state index in [1.807, 2.05) is 6.07 Å². The van der Waals surface area contributed by atoms with Crippen LogP contribution in [0.25, 0.3) is 0 Å². The summed E-state index contributed by atoms with van der Waals surface area (Å²) in [5.74, 6) is 0.892. The van der Waals surface area contributed by atoms with Crippen LogP contribution in [0.15, 0.2) is 12.4 Å². The van der Waals surface area contributed by atoms with Gasteiger partial charge in [0.15, 0.2) is 5.69 Å². The lowest BCUT2D eigenvalue weighted by atomic mass is 10.1. The van der Waals surface area contributed by atoms with Crippen molar-refractivity contribution < 1.29 is 0 Å². The van der Waals surface area contributed by atoms with E-state index in [1.54, 1.807) is 6.20 Å². The van der Waals surface area contributed by atoms with Crippen LogP contribution in [-0.2, 0) is 0 Å². The average Bonchev–Trinajstić information content (AvgIpc) is 2.30. The predicted octanol–water partition coefficient (Wildman–Crippen LogP) is 1.34. The van der Waals surface area contributed by atoms with Crippen molar-refractivity contribution in [3.05, 3.63) is 18.1 Å². The monoisotopic (exact) mass is 188 g/mol. The minimum Gasteiger partial charge on any atom is -0.355 e. The van der Waals surface area contributed by atoms with Gasteiger partial charge in [-0.05, 0) is 19.3 Å². The molecule has 1 saturated heterocycles. The summed E-state index contributed by atoms with van der Waals surface area (Å²) in [5.41, 5.74) is 0.380. The highest BCUT2D eigenvalue weighted by Crippen LogP contribution is 2.15. The van der Waals surface area contributed by atoms with E-state index in [9.17, 15) is 0 Å². The van der Waals surface area contributed by atoms with Crippen LogP contribution in [0.3, 0.4) is 0 Å². The highest BCUT2D eigenvalue weighted by molar-refractivity contribution is 5.37. The number of nitrogens with zero attached hydrogens (tertiary/aromatic N) is 4. The number of hydrogen-bond donors (Lipinski definition) is 0. The zero-order valence-electron chi connectivity index (χ0n) is 7.98. The fourth-order valence-corrected chi connectivity index (χ4v) is 1.67. The maximum absolute atomic E-state index is 8.57. The average molecular weight is 188 g/mol. The summed E-state index contributed by atoms with van der Waals surface area (Å²) in [5, 5.41) is 8.57. The second-order valence-electron chi connectivity index (χ2n) is 3.42. The van der Waals surface area contributed by atoms with Crippen LogP contribution in [0.1, 0.15) is 25.0 Å². The van der Waals surface area contributed by atoms with Gasteiger partial charge in [-0.3, -0.25) is 0 Å². The van der Waals surface area contributed by atoms with Gasteiger partial charge < -0.3 is 4.90 Å². The van der Waals surface area contributed by atoms with Gasteiger partial charge in [0.25, 0.3) is 0 Å². The van der Waals surface area contributed by atoms with Crippen molar-refractivity contribution >= 4 is 5.82 Å². The third-order valence-corrected chi connectivity index (χ3v) is 2.43. The van der Waals surface area contributed by atoms with E-state index >= 15 is 0 Å². The molecule has 1 aromatic rings. The molecule has 4 nitrogen and oxygen atoms in total. The Bertz CT molecular complexity index is 332. The number of aromatic nitrogens is 2. The second-order valence-corrected chi connectivity index (χ2v) is 3.42. The van der Waals surface area contributed by atoms with E-state index in [0.717, 1.165) is 18.9 Å². The van der Waals surface area contributed by atoms with Crippen molar-refractivity contribution in [1.82, 2.24) is 9.97 Å². The maximum Gasteiger partial charge on any atom is 0.158 e. The third kappa shape index (κ3) is 1.82. The van der Waals surface area contributed by atoms with Crippen molar-refractivity contribution in [1.29, 1.82) is 5.26 Å². The van der Waals surface area contributed by atoms with Crippen LogP contribution in [0.5, 0.6) is 0 Å². The van der Waals surface area contributed by atoms with Crippen LogP contribution in [0, 0.1) is 11.3 Å². The van der Waals surface area contributed by atoms with Gasteiger partial charge in [0.05, 0.1) is 12.4 Å². The van der Waals surface area contributed by atoms with Crippen molar-refractivity contribution in [2.45, 2.75) is 19.3 Å². The van der Waals surface area contributed by atoms with Crippen LogP contribution >= 0.6 is 0 Å². The summed E-state index contributed by atoms with van der Waals surface area (Å²) < 4.78 is 0. The molecule has 0 amide bonds. The molecule has 1 fully saturated rings. The standard InChI is InChI=1S/C10H12N4/c11-6-9-7-13-10(8-12-9)14-4-2-1-3-5-14/h7-8H,1-5H2. The SMILES string of the molecule is N#Cc1cnc(N2CCCCC2)cn1. The Morgan fingerprint density at radius 2 is 1.93 bits per heavy atom. The molecular formula is C10H12N4. The van der Waals surface area contributed by atoms with E-state index in [2.05, 4.69) is 14.9 Å². The van der Waals surface area contributed by atoms with E-state index in [0.29, 0.717) is 5.69 Å². The minimum atomic E-state index is 0.380. The Balaban J connectivity index is 2.12. The fourth-order valence-electron chi connectivity index (χ4n) is 1.67. The molecule has 1 aliphatic heterocycles. The molecular weight excluding hydrogens is 176 g/mol. The molecule has 2 rings (SSSR count). The molecule has 2 heterocycles. The first-order valence-electron chi connectivity index (χ1n) is 4.87. The summed E-state index contributed by atoms with van der Waals surface area (Å²) in [6, 6.07) is 1.96. The van der Waals surface area contributed by atoms with E-state index in [4.69, 9.17) is 5.26 Å². The Morgan fingerprint density at radius 3 is 2.50 bits per heavy atom. The van der Waals surface area contributed by atoms with Gasteiger partial charge in [-0.2, -0.15) is 5.26 Å². The smallest absolute Gasteiger partial charge is 0.158 e. The number of nitriles is 1. The number of anilines is 1. The Labute approximate surface area is 83.2 Å². The summed E-state index contributed by atoms with van der Waals surface area (Å²) in [6.45, 7) is 2.11. The molecule has 0 spiro atoms. The molecule has 0 aliphatic carbocycles. The van der Waals surface area contributed by atoms with Gasteiger partial charge in [0.2, 0.25) is 0 Å². The van der Waals surface area contributed by atoms with Gasteiger partial charge in [0.1, 0.15) is 11.9 Å². The van der Waals surface area contributed by atoms with Gasteiger partial charge in [-0.25, -0.2) is 9.97 Å². The Hall–Kier alpha value is -1.63. The van der Waals surface area contributed by atoms with Crippen LogP contribution in [-0.4, -0.2) is 23.1 Å². The molecule has 0 unspecified atom stereocenters. The molecule has 0 aromatic carbocycles. The lowest BCUT2D eigenvalue weighted by molar-refractivity contribution is 0.572. The molecule has 0 bridgehead atoms. The van der Waals surface area contributed by atoms with E-state index < -0.39 is 0 Å². The molecule has 0 N–H and O–H groups in total. The Kier molecular flexibility index (Phi) is 2.59. The van der Waals surface area contributed by atoms with Crippen molar-refractivity contribution in [2.75, 3.05) is 18.0 Å². The van der Waals surface area contributed by atoms with Crippen LogP contribution in [0.2, 0.25) is 0 Å².